The molecule has 5 nitrogen and oxygen atoms in total. The summed E-state index contributed by atoms with van der Waals surface area (Å²) in [7, 11) is 0. The number of piperidine rings is 1. The number of thiophene rings is 1. The Morgan fingerprint density at radius 3 is 2.58 bits per heavy atom. The highest BCUT2D eigenvalue weighted by Gasteiger charge is 2.54. The predicted molar refractivity (Wildman–Crippen MR) is 95.2 cm³/mol. The summed E-state index contributed by atoms with van der Waals surface area (Å²) in [4.78, 5) is 19.5. The maximum Gasteiger partial charge on any atom is 0.312 e. The number of aliphatic carboxylic acids is 1. The number of rotatable bonds is 5. The van der Waals surface area contributed by atoms with Crippen LogP contribution in [-0.2, 0) is 17.9 Å². The molecule has 132 valence electrons. The molecule has 0 unspecified atom stereocenters. The molecule has 3 fully saturated rings. The average molecular weight is 350 g/mol. The Hall–Kier alpha value is -0.950. The molecule has 0 aliphatic carbocycles. The van der Waals surface area contributed by atoms with E-state index in [0.717, 1.165) is 26.2 Å². The topological polar surface area (TPSA) is 55.8 Å². The van der Waals surface area contributed by atoms with Crippen molar-refractivity contribution in [3.05, 3.63) is 21.9 Å². The van der Waals surface area contributed by atoms with E-state index in [4.69, 9.17) is 0 Å². The lowest BCUT2D eigenvalue weighted by molar-refractivity contribution is -0.148. The van der Waals surface area contributed by atoms with Crippen LogP contribution in [0.3, 0.4) is 0 Å². The van der Waals surface area contributed by atoms with Gasteiger partial charge in [-0.3, -0.25) is 14.6 Å². The summed E-state index contributed by atoms with van der Waals surface area (Å²) in [6.07, 6.45) is 4.04. The third kappa shape index (κ3) is 3.12. The van der Waals surface area contributed by atoms with Crippen molar-refractivity contribution in [2.75, 3.05) is 39.3 Å². The predicted octanol–water partition coefficient (Wildman–Crippen LogP) is 1.84. The van der Waals surface area contributed by atoms with Crippen molar-refractivity contribution >= 4 is 17.3 Å². The summed E-state index contributed by atoms with van der Waals surface area (Å²) in [5.41, 5.74) is -0.562. The molecule has 4 heterocycles. The maximum absolute atomic E-state index is 11.8. The standard InChI is InChI=1S/C18H27N3O2S/c22-17(23)18-12-19-8-14(18)9-21(13-18)11-16-5-4-15(24-16)10-20-6-2-1-3-7-20/h4-5,14,19H,1-3,6-13H2,(H,22,23)/t14-,18-/m0/s1. The van der Waals surface area contributed by atoms with Gasteiger partial charge in [0.1, 0.15) is 0 Å². The molecule has 3 saturated heterocycles. The van der Waals surface area contributed by atoms with Crippen molar-refractivity contribution in [3.63, 3.8) is 0 Å². The van der Waals surface area contributed by atoms with E-state index in [1.54, 1.807) is 0 Å². The Bertz CT molecular complexity index is 599. The lowest BCUT2D eigenvalue weighted by Gasteiger charge is -2.25. The monoisotopic (exact) mass is 349 g/mol. The SMILES string of the molecule is O=C(O)[C@]12CNC[C@H]1CN(Cc1ccc(CN3CCCCC3)s1)C2. The lowest BCUT2D eigenvalue weighted by atomic mass is 9.81. The normalized spacial score (nSPS) is 31.4. The highest BCUT2D eigenvalue weighted by Crippen LogP contribution is 2.40. The van der Waals surface area contributed by atoms with E-state index in [2.05, 4.69) is 27.2 Å². The first kappa shape index (κ1) is 16.5. The molecule has 1 aromatic heterocycles. The van der Waals surface area contributed by atoms with E-state index in [1.165, 1.54) is 42.1 Å². The van der Waals surface area contributed by atoms with Crippen LogP contribution in [0.5, 0.6) is 0 Å². The molecule has 24 heavy (non-hydrogen) atoms. The highest BCUT2D eigenvalue weighted by atomic mass is 32.1. The second kappa shape index (κ2) is 6.75. The molecule has 0 amide bonds. The fourth-order valence-corrected chi connectivity index (χ4v) is 5.70. The van der Waals surface area contributed by atoms with E-state index in [0.29, 0.717) is 13.1 Å². The zero-order valence-electron chi connectivity index (χ0n) is 14.2. The number of likely N-dealkylation sites (tertiary alicyclic amines) is 2. The van der Waals surface area contributed by atoms with Crippen LogP contribution in [-0.4, -0.2) is 60.1 Å². The van der Waals surface area contributed by atoms with E-state index in [-0.39, 0.29) is 5.92 Å². The van der Waals surface area contributed by atoms with Gasteiger partial charge in [-0.05, 0) is 38.1 Å². The number of carboxylic acids is 1. The zero-order valence-corrected chi connectivity index (χ0v) is 15.0. The summed E-state index contributed by atoms with van der Waals surface area (Å²) in [5.74, 6) is -0.375. The minimum Gasteiger partial charge on any atom is -0.481 e. The second-order valence-electron chi connectivity index (χ2n) is 7.66. The minimum atomic E-state index is -0.628. The number of carbonyl (C=O) groups is 1. The number of nitrogens with one attached hydrogen (secondary N) is 1. The smallest absolute Gasteiger partial charge is 0.312 e. The first-order valence-corrected chi connectivity index (χ1v) is 9.94. The third-order valence-electron chi connectivity index (χ3n) is 5.95. The van der Waals surface area contributed by atoms with Gasteiger partial charge in [0.15, 0.2) is 0 Å². The molecule has 2 atom stereocenters. The second-order valence-corrected chi connectivity index (χ2v) is 8.92. The Labute approximate surface area is 147 Å². The van der Waals surface area contributed by atoms with Gasteiger partial charge in [0.05, 0.1) is 5.41 Å². The van der Waals surface area contributed by atoms with Crippen LogP contribution in [0.1, 0.15) is 29.0 Å². The van der Waals surface area contributed by atoms with Crippen LogP contribution in [0, 0.1) is 11.3 Å². The van der Waals surface area contributed by atoms with Crippen molar-refractivity contribution in [3.8, 4) is 0 Å². The van der Waals surface area contributed by atoms with Crippen molar-refractivity contribution in [1.82, 2.24) is 15.1 Å². The van der Waals surface area contributed by atoms with Gasteiger partial charge in [-0.1, -0.05) is 6.42 Å². The molecule has 0 spiro atoms. The van der Waals surface area contributed by atoms with E-state index in [1.807, 2.05) is 11.3 Å². The Balaban J connectivity index is 1.36. The van der Waals surface area contributed by atoms with E-state index < -0.39 is 11.4 Å². The molecule has 3 aliphatic rings. The number of carboxylic acid groups (broad SMARTS) is 1. The molecule has 0 bridgehead atoms. The summed E-state index contributed by atoms with van der Waals surface area (Å²) in [6.45, 7) is 7.48. The summed E-state index contributed by atoms with van der Waals surface area (Å²) >= 11 is 1.90. The Morgan fingerprint density at radius 2 is 1.92 bits per heavy atom. The summed E-state index contributed by atoms with van der Waals surface area (Å²) in [5, 5.41) is 12.9. The minimum absolute atomic E-state index is 0.253. The van der Waals surface area contributed by atoms with Gasteiger partial charge in [-0.2, -0.15) is 0 Å². The van der Waals surface area contributed by atoms with Crippen LogP contribution in [0.25, 0.3) is 0 Å². The molecule has 6 heteroatoms. The quantitative estimate of drug-likeness (QED) is 0.850. The van der Waals surface area contributed by atoms with Crippen molar-refractivity contribution in [2.45, 2.75) is 32.4 Å². The summed E-state index contributed by atoms with van der Waals surface area (Å²) < 4.78 is 0. The molecule has 0 aromatic carbocycles. The average Bonchev–Trinajstić information content (AvgIpc) is 3.23. The van der Waals surface area contributed by atoms with Crippen LogP contribution < -0.4 is 5.32 Å². The largest absolute Gasteiger partial charge is 0.481 e. The number of hydrogen-bond donors (Lipinski definition) is 2. The molecular formula is C18H27N3O2S. The van der Waals surface area contributed by atoms with Crippen molar-refractivity contribution in [1.29, 1.82) is 0 Å². The van der Waals surface area contributed by atoms with Gasteiger partial charge in [0.2, 0.25) is 0 Å². The van der Waals surface area contributed by atoms with Crippen molar-refractivity contribution < 1.29 is 9.90 Å². The fourth-order valence-electron chi connectivity index (χ4n) is 4.60. The Morgan fingerprint density at radius 1 is 1.21 bits per heavy atom. The van der Waals surface area contributed by atoms with Gasteiger partial charge >= 0.3 is 5.97 Å². The van der Waals surface area contributed by atoms with Crippen LogP contribution in [0.4, 0.5) is 0 Å². The third-order valence-corrected chi connectivity index (χ3v) is 7.00. The molecule has 0 saturated carbocycles. The van der Waals surface area contributed by atoms with Gasteiger partial charge in [0.25, 0.3) is 0 Å². The van der Waals surface area contributed by atoms with Crippen LogP contribution in [0.15, 0.2) is 12.1 Å². The van der Waals surface area contributed by atoms with Gasteiger partial charge in [0, 0.05) is 54.9 Å². The summed E-state index contributed by atoms with van der Waals surface area (Å²) in [6, 6.07) is 4.50. The number of hydrogen-bond acceptors (Lipinski definition) is 5. The van der Waals surface area contributed by atoms with E-state index >= 15 is 0 Å². The molecule has 2 N–H and O–H groups in total. The van der Waals surface area contributed by atoms with Crippen LogP contribution >= 0.6 is 11.3 Å². The van der Waals surface area contributed by atoms with Gasteiger partial charge in [-0.15, -0.1) is 11.3 Å². The number of nitrogens with zero attached hydrogens (tertiary/aromatic N) is 2. The zero-order chi connectivity index (χ0) is 16.6. The Kier molecular flexibility index (Phi) is 4.64. The van der Waals surface area contributed by atoms with E-state index in [9.17, 15) is 9.90 Å². The van der Waals surface area contributed by atoms with Gasteiger partial charge < -0.3 is 10.4 Å². The molecular weight excluding hydrogens is 322 g/mol. The van der Waals surface area contributed by atoms with Gasteiger partial charge in [-0.25, -0.2) is 0 Å². The van der Waals surface area contributed by atoms with Crippen molar-refractivity contribution in [2.24, 2.45) is 11.3 Å². The van der Waals surface area contributed by atoms with Crippen LogP contribution in [0.2, 0.25) is 0 Å². The fraction of sp³-hybridized carbons (Fsp3) is 0.722. The first-order chi connectivity index (χ1) is 11.7. The molecule has 1 aromatic rings. The first-order valence-electron chi connectivity index (χ1n) is 9.12. The molecule has 4 rings (SSSR count). The lowest BCUT2D eigenvalue weighted by Crippen LogP contribution is -2.40. The molecule has 3 aliphatic heterocycles. The molecule has 0 radical (unpaired) electrons. The highest BCUT2D eigenvalue weighted by molar-refractivity contribution is 7.11. The number of fused-ring (bicyclic) bond motifs is 1. The maximum atomic E-state index is 11.8.